The summed E-state index contributed by atoms with van der Waals surface area (Å²) in [4.78, 5) is 37.4. The minimum Gasteiger partial charge on any atom is -0.464 e. The first-order valence-electron chi connectivity index (χ1n) is 8.70. The predicted molar refractivity (Wildman–Crippen MR) is 93.4 cm³/mol. The molecule has 0 aliphatic heterocycles. The SMILES string of the molecule is CCC(C)[C@@H](N)C(=O)OC[C@H]1C[C@@](C#N)(n2ccc(=O)[nH]c2=O)C(O)C1O. The standard InChI is InChI=1S/C17H24N4O6/c1-3-9(2)12(19)15(25)27-7-10-6-17(8-18,14(24)13(10)23)21-5-4-11(22)20-16(21)26/h4-5,9-10,12-14,23-24H,3,6-7,19H2,1-2H3,(H,20,22,26)/t9?,10-,12-,13?,14?,17+/m1/s1. The average Bonchev–Trinajstić information content (AvgIpc) is 2.90. The number of aliphatic hydroxyl groups is 2. The molecule has 10 heteroatoms. The Kier molecular flexibility index (Phi) is 6.20. The average molecular weight is 380 g/mol. The maximum absolute atomic E-state index is 12.1. The van der Waals surface area contributed by atoms with E-state index < -0.39 is 46.9 Å². The van der Waals surface area contributed by atoms with Gasteiger partial charge in [-0.1, -0.05) is 20.3 Å². The second-order valence-electron chi connectivity index (χ2n) is 6.96. The number of carbonyl (C=O) groups excluding carboxylic acids is 1. The predicted octanol–water partition coefficient (Wildman–Crippen LogP) is -1.59. The highest BCUT2D eigenvalue weighted by molar-refractivity contribution is 5.75. The molecule has 2 rings (SSSR count). The minimum absolute atomic E-state index is 0.0884. The number of nitrogens with one attached hydrogen (secondary N) is 1. The van der Waals surface area contributed by atoms with Crippen LogP contribution >= 0.6 is 0 Å². The fourth-order valence-corrected chi connectivity index (χ4v) is 3.25. The monoisotopic (exact) mass is 380 g/mol. The molecule has 0 bridgehead atoms. The Morgan fingerprint density at radius 2 is 2.22 bits per heavy atom. The van der Waals surface area contributed by atoms with Crippen LogP contribution in [0.15, 0.2) is 21.9 Å². The van der Waals surface area contributed by atoms with Gasteiger partial charge in [-0.2, -0.15) is 5.26 Å². The molecule has 1 aliphatic carbocycles. The van der Waals surface area contributed by atoms with Gasteiger partial charge in [-0.15, -0.1) is 0 Å². The Bertz CT molecular complexity index is 843. The largest absolute Gasteiger partial charge is 0.464 e. The summed E-state index contributed by atoms with van der Waals surface area (Å²) in [5, 5.41) is 30.4. The Morgan fingerprint density at radius 1 is 1.56 bits per heavy atom. The maximum atomic E-state index is 12.1. The van der Waals surface area contributed by atoms with Crippen molar-refractivity contribution in [2.45, 2.75) is 50.5 Å². The molecule has 5 N–H and O–H groups in total. The molecule has 1 aromatic rings. The molecule has 10 nitrogen and oxygen atoms in total. The van der Waals surface area contributed by atoms with Crippen molar-refractivity contribution in [1.29, 1.82) is 5.26 Å². The molecule has 0 aromatic carbocycles. The molecule has 1 saturated carbocycles. The first-order valence-corrected chi connectivity index (χ1v) is 8.70. The fourth-order valence-electron chi connectivity index (χ4n) is 3.25. The van der Waals surface area contributed by atoms with Crippen molar-refractivity contribution in [1.82, 2.24) is 9.55 Å². The Balaban J connectivity index is 2.21. The summed E-state index contributed by atoms with van der Waals surface area (Å²) in [7, 11) is 0. The lowest BCUT2D eigenvalue weighted by Crippen LogP contribution is -2.49. The lowest BCUT2D eigenvalue weighted by atomic mass is 9.95. The van der Waals surface area contributed by atoms with Crippen LogP contribution in [0.1, 0.15) is 26.7 Å². The van der Waals surface area contributed by atoms with Crippen LogP contribution in [0.4, 0.5) is 0 Å². The number of nitrogens with zero attached hydrogens (tertiary/aromatic N) is 2. The van der Waals surface area contributed by atoms with Crippen LogP contribution in [-0.2, 0) is 15.1 Å². The minimum atomic E-state index is -1.80. The van der Waals surface area contributed by atoms with E-state index in [4.69, 9.17) is 10.5 Å². The van der Waals surface area contributed by atoms with E-state index in [0.717, 1.165) is 16.8 Å². The third-order valence-electron chi connectivity index (χ3n) is 5.29. The number of nitriles is 1. The highest BCUT2D eigenvalue weighted by Crippen LogP contribution is 2.40. The smallest absolute Gasteiger partial charge is 0.329 e. The lowest BCUT2D eigenvalue weighted by Gasteiger charge is -2.27. The van der Waals surface area contributed by atoms with Gasteiger partial charge in [-0.05, 0) is 12.3 Å². The Labute approximate surface area is 155 Å². The van der Waals surface area contributed by atoms with E-state index in [1.807, 2.05) is 24.9 Å². The summed E-state index contributed by atoms with van der Waals surface area (Å²) in [6.45, 7) is 3.43. The fraction of sp³-hybridized carbons (Fsp3) is 0.647. The van der Waals surface area contributed by atoms with Gasteiger partial charge in [0, 0.05) is 18.2 Å². The van der Waals surface area contributed by atoms with Gasteiger partial charge in [0.25, 0.3) is 5.56 Å². The van der Waals surface area contributed by atoms with Crippen molar-refractivity contribution >= 4 is 5.97 Å². The van der Waals surface area contributed by atoms with Gasteiger partial charge in [-0.3, -0.25) is 19.1 Å². The van der Waals surface area contributed by atoms with Gasteiger partial charge in [0.05, 0.1) is 18.8 Å². The second kappa shape index (κ2) is 8.04. The zero-order chi connectivity index (χ0) is 20.4. The van der Waals surface area contributed by atoms with Gasteiger partial charge < -0.3 is 20.7 Å². The van der Waals surface area contributed by atoms with E-state index in [2.05, 4.69) is 0 Å². The van der Waals surface area contributed by atoms with Crippen LogP contribution in [0.3, 0.4) is 0 Å². The van der Waals surface area contributed by atoms with E-state index in [9.17, 15) is 29.9 Å². The van der Waals surface area contributed by atoms with Gasteiger partial charge in [0.15, 0.2) is 5.54 Å². The zero-order valence-corrected chi connectivity index (χ0v) is 15.2. The summed E-state index contributed by atoms with van der Waals surface area (Å²) in [6, 6.07) is 2.09. The summed E-state index contributed by atoms with van der Waals surface area (Å²) >= 11 is 0. The van der Waals surface area contributed by atoms with Crippen LogP contribution < -0.4 is 17.0 Å². The molecule has 1 fully saturated rings. The van der Waals surface area contributed by atoms with Crippen LogP contribution in [0.2, 0.25) is 0 Å². The van der Waals surface area contributed by atoms with Crippen molar-refractivity contribution in [3.8, 4) is 6.07 Å². The topological polar surface area (TPSA) is 171 Å². The molecule has 0 saturated heterocycles. The van der Waals surface area contributed by atoms with Crippen molar-refractivity contribution in [2.75, 3.05) is 6.61 Å². The van der Waals surface area contributed by atoms with Gasteiger partial charge in [0.1, 0.15) is 12.1 Å². The molecule has 6 atom stereocenters. The first-order chi connectivity index (χ1) is 12.7. The van der Waals surface area contributed by atoms with Gasteiger partial charge >= 0.3 is 11.7 Å². The summed E-state index contributed by atoms with van der Waals surface area (Å²) < 4.78 is 6.05. The zero-order valence-electron chi connectivity index (χ0n) is 15.2. The number of aromatic nitrogens is 2. The molecule has 1 aromatic heterocycles. The van der Waals surface area contributed by atoms with Crippen molar-refractivity contribution in [3.05, 3.63) is 33.1 Å². The van der Waals surface area contributed by atoms with E-state index in [-0.39, 0.29) is 18.9 Å². The third kappa shape index (κ3) is 3.80. The second-order valence-corrected chi connectivity index (χ2v) is 6.96. The highest BCUT2D eigenvalue weighted by Gasteiger charge is 2.55. The van der Waals surface area contributed by atoms with E-state index in [0.29, 0.717) is 6.42 Å². The molecule has 0 amide bonds. The lowest BCUT2D eigenvalue weighted by molar-refractivity contribution is -0.149. The first kappa shape index (κ1) is 20.8. The normalized spacial score (nSPS) is 29.7. The van der Waals surface area contributed by atoms with Gasteiger partial charge in [-0.25, -0.2) is 4.79 Å². The Morgan fingerprint density at radius 3 is 2.78 bits per heavy atom. The van der Waals surface area contributed by atoms with Crippen LogP contribution in [0.5, 0.6) is 0 Å². The summed E-state index contributed by atoms with van der Waals surface area (Å²) in [5.74, 6) is -1.51. The van der Waals surface area contributed by atoms with Crippen molar-refractivity contribution in [2.24, 2.45) is 17.6 Å². The van der Waals surface area contributed by atoms with E-state index >= 15 is 0 Å². The summed E-state index contributed by atoms with van der Waals surface area (Å²) in [5.41, 5.74) is 2.48. The molecule has 0 radical (unpaired) electrons. The summed E-state index contributed by atoms with van der Waals surface area (Å²) in [6.07, 6.45) is -1.39. The number of hydrogen-bond donors (Lipinski definition) is 4. The number of hydrogen-bond acceptors (Lipinski definition) is 8. The van der Waals surface area contributed by atoms with E-state index in [1.54, 1.807) is 0 Å². The van der Waals surface area contributed by atoms with Crippen LogP contribution in [-0.4, -0.2) is 50.6 Å². The molecular weight excluding hydrogens is 356 g/mol. The number of rotatable bonds is 6. The number of aromatic amines is 1. The van der Waals surface area contributed by atoms with Crippen molar-refractivity contribution < 1.29 is 19.7 Å². The quantitative estimate of drug-likeness (QED) is 0.428. The van der Waals surface area contributed by atoms with Crippen LogP contribution in [0, 0.1) is 23.2 Å². The number of aliphatic hydroxyl groups excluding tert-OH is 2. The molecular formula is C17H24N4O6. The number of H-pyrrole nitrogens is 1. The number of ether oxygens (including phenoxy) is 1. The number of nitrogens with two attached hydrogens (primary N) is 1. The van der Waals surface area contributed by atoms with Crippen LogP contribution in [0.25, 0.3) is 0 Å². The maximum Gasteiger partial charge on any atom is 0.329 e. The molecule has 1 aliphatic rings. The number of carbonyl (C=O) groups is 1. The van der Waals surface area contributed by atoms with Gasteiger partial charge in [0.2, 0.25) is 0 Å². The molecule has 1 heterocycles. The Hall–Kier alpha value is -2.48. The third-order valence-corrected chi connectivity index (χ3v) is 5.29. The van der Waals surface area contributed by atoms with E-state index in [1.165, 1.54) is 0 Å². The molecule has 148 valence electrons. The molecule has 0 spiro atoms. The highest BCUT2D eigenvalue weighted by atomic mass is 16.5. The molecule has 27 heavy (non-hydrogen) atoms. The van der Waals surface area contributed by atoms with Crippen molar-refractivity contribution in [3.63, 3.8) is 0 Å². The number of esters is 1. The molecule has 3 unspecified atom stereocenters.